The third-order valence-electron chi connectivity index (χ3n) is 3.47. The van der Waals surface area contributed by atoms with Gasteiger partial charge >= 0.3 is 0 Å². The number of quaternary nitrogens is 1. The Kier molecular flexibility index (Phi) is 3.16. The zero-order valence-corrected chi connectivity index (χ0v) is 9.14. The van der Waals surface area contributed by atoms with Gasteiger partial charge in [0.2, 0.25) is 0 Å². The SMILES string of the molecule is CCC[N+]1(C)CCCC1C(C)C. The molecule has 2 atom stereocenters. The maximum absolute atomic E-state index is 2.45. The minimum absolute atomic E-state index is 0.865. The van der Waals surface area contributed by atoms with Gasteiger partial charge in [0.25, 0.3) is 0 Å². The second kappa shape index (κ2) is 3.78. The molecule has 1 aliphatic rings. The van der Waals surface area contributed by atoms with Gasteiger partial charge in [0.15, 0.2) is 0 Å². The molecule has 0 bridgehead atoms. The molecule has 12 heavy (non-hydrogen) atoms. The largest absolute Gasteiger partial charge is 0.323 e. The minimum Gasteiger partial charge on any atom is -0.323 e. The van der Waals surface area contributed by atoms with E-state index in [0.717, 1.165) is 12.0 Å². The molecule has 1 saturated heterocycles. The Bertz CT molecular complexity index is 142. The van der Waals surface area contributed by atoms with Gasteiger partial charge in [-0.15, -0.1) is 0 Å². The summed E-state index contributed by atoms with van der Waals surface area (Å²) in [5.74, 6) is 0.865. The molecule has 0 aromatic heterocycles. The van der Waals surface area contributed by atoms with E-state index in [4.69, 9.17) is 0 Å². The van der Waals surface area contributed by atoms with Crippen LogP contribution in [0.4, 0.5) is 0 Å². The minimum atomic E-state index is 0.865. The summed E-state index contributed by atoms with van der Waals surface area (Å²) in [6.07, 6.45) is 4.23. The number of hydrogen-bond acceptors (Lipinski definition) is 0. The van der Waals surface area contributed by atoms with Crippen LogP contribution < -0.4 is 0 Å². The lowest BCUT2D eigenvalue weighted by molar-refractivity contribution is -0.924. The molecule has 0 N–H and O–H groups in total. The molecule has 1 aliphatic heterocycles. The van der Waals surface area contributed by atoms with E-state index in [0.29, 0.717) is 0 Å². The fraction of sp³-hybridized carbons (Fsp3) is 1.00. The van der Waals surface area contributed by atoms with Gasteiger partial charge in [-0.1, -0.05) is 20.8 Å². The van der Waals surface area contributed by atoms with Crippen LogP contribution in [-0.4, -0.2) is 30.7 Å². The fourth-order valence-electron chi connectivity index (χ4n) is 2.98. The third-order valence-corrected chi connectivity index (χ3v) is 3.47. The molecule has 0 aliphatic carbocycles. The van der Waals surface area contributed by atoms with Crippen molar-refractivity contribution in [2.75, 3.05) is 20.1 Å². The highest BCUT2D eigenvalue weighted by Gasteiger charge is 2.38. The van der Waals surface area contributed by atoms with Crippen LogP contribution in [0.2, 0.25) is 0 Å². The molecule has 1 heteroatoms. The lowest BCUT2D eigenvalue weighted by atomic mass is 10.0. The van der Waals surface area contributed by atoms with Gasteiger partial charge < -0.3 is 4.48 Å². The first-order chi connectivity index (χ1) is 5.60. The molecular formula is C11H24N+. The Morgan fingerprint density at radius 2 is 2.08 bits per heavy atom. The average molecular weight is 170 g/mol. The number of likely N-dealkylation sites (tertiary alicyclic amines) is 1. The molecule has 0 aromatic rings. The van der Waals surface area contributed by atoms with E-state index < -0.39 is 0 Å². The molecule has 1 nitrogen and oxygen atoms in total. The lowest BCUT2D eigenvalue weighted by Crippen LogP contribution is -2.50. The van der Waals surface area contributed by atoms with E-state index >= 15 is 0 Å². The molecule has 2 unspecified atom stereocenters. The summed E-state index contributed by atoms with van der Waals surface area (Å²) in [7, 11) is 2.45. The second-order valence-corrected chi connectivity index (χ2v) is 4.88. The Labute approximate surface area is 77.4 Å². The highest BCUT2D eigenvalue weighted by molar-refractivity contribution is 4.70. The Morgan fingerprint density at radius 1 is 1.42 bits per heavy atom. The van der Waals surface area contributed by atoms with Crippen molar-refractivity contribution < 1.29 is 4.48 Å². The highest BCUT2D eigenvalue weighted by atomic mass is 15.4. The first-order valence-electron chi connectivity index (χ1n) is 5.44. The van der Waals surface area contributed by atoms with Crippen molar-refractivity contribution in [2.45, 2.75) is 46.1 Å². The molecular weight excluding hydrogens is 146 g/mol. The molecule has 1 rings (SSSR count). The zero-order chi connectivity index (χ0) is 9.19. The maximum Gasteiger partial charge on any atom is 0.0913 e. The maximum atomic E-state index is 2.45. The third kappa shape index (κ3) is 1.82. The van der Waals surface area contributed by atoms with E-state index in [1.54, 1.807) is 0 Å². The van der Waals surface area contributed by atoms with Crippen molar-refractivity contribution in [3.8, 4) is 0 Å². The summed E-state index contributed by atoms with van der Waals surface area (Å²) in [4.78, 5) is 0. The molecule has 0 aromatic carbocycles. The van der Waals surface area contributed by atoms with Crippen LogP contribution >= 0.6 is 0 Å². The summed E-state index contributed by atoms with van der Waals surface area (Å²) in [6, 6.07) is 0.935. The highest BCUT2D eigenvalue weighted by Crippen LogP contribution is 2.30. The topological polar surface area (TPSA) is 0 Å². The van der Waals surface area contributed by atoms with Crippen molar-refractivity contribution in [3.05, 3.63) is 0 Å². The first-order valence-corrected chi connectivity index (χ1v) is 5.44. The van der Waals surface area contributed by atoms with Gasteiger partial charge in [0.05, 0.1) is 26.2 Å². The van der Waals surface area contributed by atoms with Gasteiger partial charge in [-0.2, -0.15) is 0 Å². The molecule has 0 saturated carbocycles. The first kappa shape index (κ1) is 10.0. The molecule has 1 fully saturated rings. The summed E-state index contributed by atoms with van der Waals surface area (Å²) in [5, 5.41) is 0. The van der Waals surface area contributed by atoms with E-state index in [2.05, 4.69) is 27.8 Å². The van der Waals surface area contributed by atoms with Crippen LogP contribution in [0.15, 0.2) is 0 Å². The normalized spacial score (nSPS) is 36.2. The quantitative estimate of drug-likeness (QED) is 0.571. The van der Waals surface area contributed by atoms with Crippen molar-refractivity contribution >= 4 is 0 Å². The van der Waals surface area contributed by atoms with Crippen LogP contribution in [0.5, 0.6) is 0 Å². The van der Waals surface area contributed by atoms with Gasteiger partial charge in [0.1, 0.15) is 0 Å². The van der Waals surface area contributed by atoms with Crippen LogP contribution in [0.1, 0.15) is 40.0 Å². The molecule has 0 spiro atoms. The summed E-state index contributed by atoms with van der Waals surface area (Å²) in [6.45, 7) is 9.85. The van der Waals surface area contributed by atoms with E-state index in [9.17, 15) is 0 Å². The Balaban J connectivity index is 2.60. The van der Waals surface area contributed by atoms with E-state index in [1.807, 2.05) is 0 Å². The fourth-order valence-corrected chi connectivity index (χ4v) is 2.98. The number of nitrogens with zero attached hydrogens (tertiary/aromatic N) is 1. The van der Waals surface area contributed by atoms with Gasteiger partial charge in [-0.05, 0) is 6.42 Å². The monoisotopic (exact) mass is 170 g/mol. The van der Waals surface area contributed by atoms with Crippen molar-refractivity contribution in [1.29, 1.82) is 0 Å². The number of hydrogen-bond donors (Lipinski definition) is 0. The second-order valence-electron chi connectivity index (χ2n) is 4.88. The molecule has 0 radical (unpaired) electrons. The van der Waals surface area contributed by atoms with Crippen molar-refractivity contribution in [2.24, 2.45) is 5.92 Å². The van der Waals surface area contributed by atoms with Crippen LogP contribution in [0, 0.1) is 5.92 Å². The van der Waals surface area contributed by atoms with Crippen molar-refractivity contribution in [3.63, 3.8) is 0 Å². The summed E-state index contributed by atoms with van der Waals surface area (Å²) in [5.41, 5.74) is 0. The standard InChI is InChI=1S/C11H24N/c1-5-8-12(4)9-6-7-11(12)10(2)3/h10-11H,5-9H2,1-4H3/q+1. The van der Waals surface area contributed by atoms with Gasteiger partial charge in [-0.25, -0.2) is 0 Å². The predicted molar refractivity (Wildman–Crippen MR) is 54.1 cm³/mol. The lowest BCUT2D eigenvalue weighted by Gasteiger charge is -2.38. The van der Waals surface area contributed by atoms with Crippen LogP contribution in [0.25, 0.3) is 0 Å². The smallest absolute Gasteiger partial charge is 0.0913 e. The van der Waals surface area contributed by atoms with Crippen molar-refractivity contribution in [1.82, 2.24) is 0 Å². The Morgan fingerprint density at radius 3 is 2.58 bits per heavy atom. The van der Waals surface area contributed by atoms with Crippen LogP contribution in [-0.2, 0) is 0 Å². The number of rotatable bonds is 3. The summed E-state index contributed by atoms with van der Waals surface area (Å²) < 4.78 is 1.34. The van der Waals surface area contributed by atoms with Gasteiger partial charge in [0, 0.05) is 18.8 Å². The summed E-state index contributed by atoms with van der Waals surface area (Å²) >= 11 is 0. The van der Waals surface area contributed by atoms with Gasteiger partial charge in [-0.3, -0.25) is 0 Å². The van der Waals surface area contributed by atoms with Crippen LogP contribution in [0.3, 0.4) is 0 Å². The van der Waals surface area contributed by atoms with E-state index in [-0.39, 0.29) is 0 Å². The molecule has 1 heterocycles. The molecule has 72 valence electrons. The molecule has 0 amide bonds. The Hall–Kier alpha value is -0.0400. The average Bonchev–Trinajstić information content (AvgIpc) is 2.32. The zero-order valence-electron chi connectivity index (χ0n) is 9.14. The predicted octanol–water partition coefficient (Wildman–Crippen LogP) is 2.66. The van der Waals surface area contributed by atoms with E-state index in [1.165, 1.54) is 36.8 Å².